The van der Waals surface area contributed by atoms with Gasteiger partial charge in [0.25, 0.3) is 5.91 Å². The van der Waals surface area contributed by atoms with Gasteiger partial charge in [-0.25, -0.2) is 4.79 Å². The number of aliphatic hydroxyl groups excluding tert-OH is 1. The lowest BCUT2D eigenvalue weighted by Crippen LogP contribution is -2.65. The van der Waals surface area contributed by atoms with E-state index in [1.54, 1.807) is 0 Å². The van der Waals surface area contributed by atoms with E-state index in [0.29, 0.717) is 0 Å². The van der Waals surface area contributed by atoms with Gasteiger partial charge in [0.05, 0.1) is 10.0 Å². The number of benzene rings is 1. The van der Waals surface area contributed by atoms with Gasteiger partial charge in [0.1, 0.15) is 23.7 Å². The molecule has 1 aromatic carbocycles. The molecule has 0 saturated carbocycles. The summed E-state index contributed by atoms with van der Waals surface area (Å²) in [5.41, 5.74) is 3.16. The molecule has 0 radical (unpaired) electrons. The summed E-state index contributed by atoms with van der Waals surface area (Å²) in [6.07, 6.45) is -2.45. The minimum atomic E-state index is -2.10. The van der Waals surface area contributed by atoms with Crippen LogP contribution in [0.2, 0.25) is 10.0 Å². The molecular formula is C18H21Cl2N3O9. The Morgan fingerprint density at radius 3 is 2.19 bits per heavy atom. The SMILES string of the molecule is N[C@@H](C(=O)O)[C@H](O)[C@@]1(C(=O)O)CC[C@H](C[C@@H](NC(=O)c2cc(Cl)c(O)c(Cl)c2)C(=O)O)N1. The van der Waals surface area contributed by atoms with Crippen LogP contribution in [0.3, 0.4) is 0 Å². The van der Waals surface area contributed by atoms with E-state index in [0.717, 1.165) is 12.1 Å². The molecule has 0 spiro atoms. The van der Waals surface area contributed by atoms with Gasteiger partial charge in [-0.2, -0.15) is 0 Å². The van der Waals surface area contributed by atoms with Crippen molar-refractivity contribution in [1.82, 2.24) is 10.6 Å². The van der Waals surface area contributed by atoms with E-state index in [-0.39, 0.29) is 34.9 Å². The third-order valence-electron chi connectivity index (χ3n) is 5.26. The van der Waals surface area contributed by atoms with Crippen molar-refractivity contribution in [3.05, 3.63) is 27.7 Å². The summed E-state index contributed by atoms with van der Waals surface area (Å²) in [5, 5.41) is 52.3. The third kappa shape index (κ3) is 5.22. The van der Waals surface area contributed by atoms with Gasteiger partial charge in [-0.15, -0.1) is 0 Å². The largest absolute Gasteiger partial charge is 0.505 e. The Balaban J connectivity index is 2.17. The zero-order chi connectivity index (χ0) is 24.4. The molecule has 0 unspecified atom stereocenters. The van der Waals surface area contributed by atoms with Gasteiger partial charge in [0.15, 0.2) is 5.75 Å². The summed E-state index contributed by atoms with van der Waals surface area (Å²) in [6, 6.07) is -2.01. The third-order valence-corrected chi connectivity index (χ3v) is 5.84. The molecule has 1 fully saturated rings. The minimum absolute atomic E-state index is 0.0617. The van der Waals surface area contributed by atoms with Crippen molar-refractivity contribution in [3.63, 3.8) is 0 Å². The van der Waals surface area contributed by atoms with Crippen LogP contribution < -0.4 is 16.4 Å². The number of carbonyl (C=O) groups is 4. The number of phenolic OH excluding ortho intramolecular Hbond substituents is 1. The number of carboxylic acids is 3. The van der Waals surface area contributed by atoms with Gasteiger partial charge in [-0.3, -0.25) is 19.7 Å². The van der Waals surface area contributed by atoms with Crippen LogP contribution in [0.4, 0.5) is 0 Å². The fourth-order valence-corrected chi connectivity index (χ4v) is 3.99. The number of hydrogen-bond donors (Lipinski definition) is 8. The molecule has 0 aliphatic carbocycles. The minimum Gasteiger partial charge on any atom is -0.505 e. The molecule has 1 amide bonds. The number of amides is 1. The fourth-order valence-electron chi connectivity index (χ4n) is 3.50. The van der Waals surface area contributed by atoms with E-state index in [4.69, 9.17) is 34.0 Å². The first-order valence-electron chi connectivity index (χ1n) is 9.19. The summed E-state index contributed by atoms with van der Waals surface area (Å²) >= 11 is 11.5. The Hall–Kier alpha value is -2.64. The van der Waals surface area contributed by atoms with Gasteiger partial charge >= 0.3 is 17.9 Å². The molecule has 32 heavy (non-hydrogen) atoms. The lowest BCUT2D eigenvalue weighted by atomic mass is 9.86. The number of carboxylic acid groups (broad SMARTS) is 3. The zero-order valence-corrected chi connectivity index (χ0v) is 17.8. The molecule has 176 valence electrons. The lowest BCUT2D eigenvalue weighted by Gasteiger charge is -2.33. The monoisotopic (exact) mass is 493 g/mol. The quantitative estimate of drug-likeness (QED) is 0.221. The highest BCUT2D eigenvalue weighted by atomic mass is 35.5. The molecule has 1 aliphatic heterocycles. The number of aliphatic hydroxyl groups is 1. The van der Waals surface area contributed by atoms with Crippen LogP contribution in [-0.2, 0) is 14.4 Å². The zero-order valence-electron chi connectivity index (χ0n) is 16.3. The van der Waals surface area contributed by atoms with Crippen LogP contribution >= 0.6 is 23.2 Å². The number of halogens is 2. The normalized spacial score (nSPS) is 23.2. The number of nitrogens with one attached hydrogen (secondary N) is 2. The lowest BCUT2D eigenvalue weighted by molar-refractivity contribution is -0.153. The van der Waals surface area contributed by atoms with Crippen LogP contribution in [0.1, 0.15) is 29.6 Å². The van der Waals surface area contributed by atoms with E-state index in [2.05, 4.69) is 10.6 Å². The number of nitrogens with two attached hydrogens (primary N) is 1. The number of aliphatic carboxylic acids is 3. The Kier molecular flexibility index (Phi) is 7.91. The average Bonchev–Trinajstić information content (AvgIpc) is 3.15. The molecule has 0 aromatic heterocycles. The number of phenols is 1. The van der Waals surface area contributed by atoms with Gasteiger partial charge in [0.2, 0.25) is 0 Å². The molecule has 1 heterocycles. The number of aromatic hydroxyl groups is 1. The summed E-state index contributed by atoms with van der Waals surface area (Å²) in [4.78, 5) is 47.0. The Labute approximate surface area is 190 Å². The molecule has 12 nitrogen and oxygen atoms in total. The molecule has 1 aromatic rings. The van der Waals surface area contributed by atoms with Crippen LogP contribution in [0, 0.1) is 0 Å². The van der Waals surface area contributed by atoms with Crippen molar-refractivity contribution >= 4 is 47.0 Å². The first kappa shape index (κ1) is 25.6. The summed E-state index contributed by atoms with van der Waals surface area (Å²) in [5.74, 6) is -5.89. The first-order valence-corrected chi connectivity index (χ1v) is 9.95. The van der Waals surface area contributed by atoms with Crippen molar-refractivity contribution in [1.29, 1.82) is 0 Å². The predicted molar refractivity (Wildman–Crippen MR) is 110 cm³/mol. The number of carbonyl (C=O) groups excluding carboxylic acids is 1. The molecule has 0 bridgehead atoms. The molecule has 9 N–H and O–H groups in total. The standard InChI is InChI=1S/C18H21Cl2N3O9/c19-8-3-6(4-9(20)12(8)24)14(26)22-10(15(27)28)5-7-1-2-18(23-7,17(31)32)13(25)11(21)16(29)30/h3-4,7,10-11,13,23-25H,1-2,5,21H2,(H,22,26)(H,27,28)(H,29,30)(H,31,32)/t7-,10-,11-,13+,18-/m1/s1. The highest BCUT2D eigenvalue weighted by Gasteiger charge is 2.54. The van der Waals surface area contributed by atoms with Crippen molar-refractivity contribution < 1.29 is 44.7 Å². The van der Waals surface area contributed by atoms with E-state index in [1.165, 1.54) is 0 Å². The first-order chi connectivity index (χ1) is 14.8. The highest BCUT2D eigenvalue weighted by molar-refractivity contribution is 6.37. The number of hydrogen-bond acceptors (Lipinski definition) is 8. The van der Waals surface area contributed by atoms with Crippen LogP contribution in [0.15, 0.2) is 12.1 Å². The summed E-state index contributed by atoms with van der Waals surface area (Å²) in [7, 11) is 0. The van der Waals surface area contributed by atoms with Crippen LogP contribution in [0.5, 0.6) is 5.75 Å². The molecular weight excluding hydrogens is 473 g/mol. The fraction of sp³-hybridized carbons (Fsp3) is 0.444. The van der Waals surface area contributed by atoms with Gasteiger partial charge in [-0.1, -0.05) is 23.2 Å². The molecule has 1 saturated heterocycles. The molecule has 2 rings (SSSR count). The Morgan fingerprint density at radius 1 is 1.16 bits per heavy atom. The van der Waals surface area contributed by atoms with Crippen molar-refractivity contribution in [2.24, 2.45) is 5.73 Å². The average molecular weight is 494 g/mol. The second kappa shape index (κ2) is 9.88. The van der Waals surface area contributed by atoms with Crippen LogP contribution in [0.25, 0.3) is 0 Å². The maximum Gasteiger partial charge on any atom is 0.326 e. The maximum absolute atomic E-state index is 12.4. The van der Waals surface area contributed by atoms with E-state index in [9.17, 15) is 39.6 Å². The molecule has 14 heteroatoms. The van der Waals surface area contributed by atoms with E-state index in [1.807, 2.05) is 0 Å². The second-order valence-corrected chi connectivity index (χ2v) is 8.17. The predicted octanol–water partition coefficient (Wildman–Crippen LogP) is -0.380. The van der Waals surface area contributed by atoms with Crippen molar-refractivity contribution in [3.8, 4) is 5.75 Å². The van der Waals surface area contributed by atoms with Gasteiger partial charge in [-0.05, 0) is 31.4 Å². The highest BCUT2D eigenvalue weighted by Crippen LogP contribution is 2.33. The Bertz CT molecular complexity index is 921. The summed E-state index contributed by atoms with van der Waals surface area (Å²) in [6.45, 7) is 0. The van der Waals surface area contributed by atoms with Crippen molar-refractivity contribution in [2.75, 3.05) is 0 Å². The second-order valence-electron chi connectivity index (χ2n) is 7.35. The Morgan fingerprint density at radius 2 is 1.72 bits per heavy atom. The molecule has 1 aliphatic rings. The smallest absolute Gasteiger partial charge is 0.326 e. The van der Waals surface area contributed by atoms with E-state index < -0.39 is 59.3 Å². The van der Waals surface area contributed by atoms with Gasteiger partial charge < -0.3 is 36.6 Å². The molecule has 5 atom stereocenters. The van der Waals surface area contributed by atoms with Gasteiger partial charge in [0, 0.05) is 11.6 Å². The van der Waals surface area contributed by atoms with Crippen molar-refractivity contribution in [2.45, 2.75) is 49.0 Å². The summed E-state index contributed by atoms with van der Waals surface area (Å²) < 4.78 is 0. The van der Waals surface area contributed by atoms with E-state index >= 15 is 0 Å². The topological polar surface area (TPSA) is 220 Å². The van der Waals surface area contributed by atoms with Crippen LogP contribution in [-0.4, -0.2) is 79.1 Å². The maximum atomic E-state index is 12.4. The number of rotatable bonds is 9.